The predicted molar refractivity (Wildman–Crippen MR) is 110 cm³/mol. The summed E-state index contributed by atoms with van der Waals surface area (Å²) < 4.78 is 21.6. The highest BCUT2D eigenvalue weighted by Crippen LogP contribution is 2.28. The summed E-state index contributed by atoms with van der Waals surface area (Å²) in [5.74, 6) is 0.904. The monoisotopic (exact) mass is 410 g/mol. The summed E-state index contributed by atoms with van der Waals surface area (Å²) in [6.07, 6.45) is 3.73. The molecule has 29 heavy (non-hydrogen) atoms. The number of pyridine rings is 1. The second kappa shape index (κ2) is 7.44. The average Bonchev–Trinajstić information content (AvgIpc) is 3.30. The first-order valence-electron chi connectivity index (χ1n) is 9.21. The van der Waals surface area contributed by atoms with Gasteiger partial charge in [-0.15, -0.1) is 0 Å². The van der Waals surface area contributed by atoms with Crippen LogP contribution < -0.4 is 0 Å². The summed E-state index contributed by atoms with van der Waals surface area (Å²) in [5, 5.41) is 4.55. The number of hydrogen-bond acceptors (Lipinski definition) is 4. The Morgan fingerprint density at radius 1 is 1.10 bits per heavy atom. The minimum atomic E-state index is -1.39. The second-order valence-electron chi connectivity index (χ2n) is 7.46. The van der Waals surface area contributed by atoms with Gasteiger partial charge in [-0.3, -0.25) is 0 Å². The zero-order valence-electron chi connectivity index (χ0n) is 16.4. The van der Waals surface area contributed by atoms with Crippen LogP contribution in [0.2, 0.25) is 5.15 Å². The molecule has 0 amide bonds. The van der Waals surface area contributed by atoms with Crippen molar-refractivity contribution in [1.82, 2.24) is 19.7 Å². The Morgan fingerprint density at radius 3 is 2.52 bits per heavy atom. The van der Waals surface area contributed by atoms with Crippen molar-refractivity contribution < 1.29 is 8.91 Å². The molecule has 0 aliphatic heterocycles. The quantitative estimate of drug-likeness (QED) is 0.389. The molecule has 0 N–H and O–H groups in total. The fourth-order valence-electron chi connectivity index (χ4n) is 3.07. The van der Waals surface area contributed by atoms with E-state index >= 15 is 0 Å². The van der Waals surface area contributed by atoms with Crippen LogP contribution in [-0.2, 0) is 12.2 Å². The van der Waals surface area contributed by atoms with Crippen molar-refractivity contribution >= 4 is 11.6 Å². The first-order valence-corrected chi connectivity index (χ1v) is 9.58. The van der Waals surface area contributed by atoms with Crippen LogP contribution in [0.4, 0.5) is 4.39 Å². The number of nitrogens with zero attached hydrogens (tertiary/aromatic N) is 4. The fourth-order valence-corrected chi connectivity index (χ4v) is 3.18. The molecule has 0 bridgehead atoms. The van der Waals surface area contributed by atoms with E-state index in [-0.39, 0.29) is 0 Å². The number of aryl methyl sites for hydroxylation is 1. The molecule has 0 radical (unpaired) electrons. The summed E-state index contributed by atoms with van der Waals surface area (Å²) >= 11 is 5.85. The molecule has 0 saturated carbocycles. The highest BCUT2D eigenvalue weighted by molar-refractivity contribution is 6.29. The average molecular weight is 411 g/mol. The lowest BCUT2D eigenvalue weighted by Gasteiger charge is -2.14. The Labute approximate surface area is 173 Å². The van der Waals surface area contributed by atoms with Gasteiger partial charge in [-0.25, -0.2) is 9.37 Å². The third kappa shape index (κ3) is 4.22. The van der Waals surface area contributed by atoms with Gasteiger partial charge < -0.3 is 9.09 Å². The molecule has 0 aliphatic carbocycles. The van der Waals surface area contributed by atoms with Crippen LogP contribution in [0.3, 0.4) is 0 Å². The molecule has 4 rings (SSSR count). The van der Waals surface area contributed by atoms with Gasteiger partial charge in [-0.2, -0.15) is 4.98 Å². The Bertz CT molecular complexity index is 1130. The standard InChI is InChI=1S/C22H20ClFN4O/c1-14-10-17(13-28(14)12-15-4-9-19(23)25-11-15)21-26-20(27-29-21)16-5-7-18(8-6-16)22(2,3)24/h4-11,13H,12H2,1-3H3. The van der Waals surface area contributed by atoms with Crippen molar-refractivity contribution in [2.24, 2.45) is 0 Å². The van der Waals surface area contributed by atoms with Gasteiger partial charge in [0.05, 0.1) is 5.56 Å². The molecule has 3 aromatic heterocycles. The summed E-state index contributed by atoms with van der Waals surface area (Å²) in [6, 6.07) is 12.8. The van der Waals surface area contributed by atoms with Crippen LogP contribution in [0.25, 0.3) is 22.8 Å². The minimum Gasteiger partial charge on any atom is -0.346 e. The van der Waals surface area contributed by atoms with E-state index in [9.17, 15) is 4.39 Å². The van der Waals surface area contributed by atoms with Crippen molar-refractivity contribution in [3.05, 3.63) is 76.8 Å². The lowest BCUT2D eigenvalue weighted by atomic mass is 9.99. The summed E-state index contributed by atoms with van der Waals surface area (Å²) in [7, 11) is 0. The summed E-state index contributed by atoms with van der Waals surface area (Å²) in [6.45, 7) is 5.74. The zero-order chi connectivity index (χ0) is 20.6. The zero-order valence-corrected chi connectivity index (χ0v) is 17.1. The van der Waals surface area contributed by atoms with E-state index in [1.54, 1.807) is 36.5 Å². The topological polar surface area (TPSA) is 56.7 Å². The van der Waals surface area contributed by atoms with Gasteiger partial charge >= 0.3 is 0 Å². The van der Waals surface area contributed by atoms with Gasteiger partial charge in [-0.05, 0) is 44.0 Å². The molecular weight excluding hydrogens is 391 g/mol. The molecule has 0 atom stereocenters. The normalized spacial score (nSPS) is 11.8. The van der Waals surface area contributed by atoms with Crippen LogP contribution in [0.1, 0.15) is 30.7 Å². The maximum atomic E-state index is 14.0. The molecule has 3 heterocycles. The van der Waals surface area contributed by atoms with Gasteiger partial charge in [0.25, 0.3) is 5.89 Å². The van der Waals surface area contributed by atoms with Crippen LogP contribution in [-0.4, -0.2) is 19.7 Å². The molecule has 4 aromatic rings. The maximum absolute atomic E-state index is 14.0. The molecule has 0 spiro atoms. The number of rotatable bonds is 5. The molecular formula is C22H20ClFN4O. The van der Waals surface area contributed by atoms with Crippen LogP contribution in [0.5, 0.6) is 0 Å². The maximum Gasteiger partial charge on any atom is 0.259 e. The molecule has 148 valence electrons. The lowest BCUT2D eigenvalue weighted by molar-refractivity contribution is 0.221. The summed E-state index contributed by atoms with van der Waals surface area (Å²) in [4.78, 5) is 8.62. The van der Waals surface area contributed by atoms with Gasteiger partial charge in [0, 0.05) is 30.2 Å². The Balaban J connectivity index is 1.56. The van der Waals surface area contributed by atoms with Gasteiger partial charge in [0.1, 0.15) is 10.8 Å². The lowest BCUT2D eigenvalue weighted by Crippen LogP contribution is -2.08. The van der Waals surface area contributed by atoms with E-state index in [0.717, 1.165) is 22.4 Å². The Kier molecular flexibility index (Phi) is 4.96. The number of alkyl halides is 1. The third-order valence-electron chi connectivity index (χ3n) is 4.76. The number of hydrogen-bond donors (Lipinski definition) is 0. The summed E-state index contributed by atoms with van der Waals surface area (Å²) in [5.41, 5.74) is 2.93. The number of aromatic nitrogens is 4. The molecule has 5 nitrogen and oxygen atoms in total. The molecule has 0 fully saturated rings. The largest absolute Gasteiger partial charge is 0.346 e. The third-order valence-corrected chi connectivity index (χ3v) is 4.98. The molecule has 0 aliphatic rings. The van der Waals surface area contributed by atoms with Gasteiger partial charge in [-0.1, -0.05) is 47.1 Å². The van der Waals surface area contributed by atoms with E-state index in [1.165, 1.54) is 13.8 Å². The molecule has 0 saturated heterocycles. The van der Waals surface area contributed by atoms with E-state index in [2.05, 4.69) is 19.7 Å². The van der Waals surface area contributed by atoms with Crippen molar-refractivity contribution in [2.45, 2.75) is 33.0 Å². The van der Waals surface area contributed by atoms with E-state index in [0.29, 0.717) is 29.0 Å². The van der Waals surface area contributed by atoms with E-state index in [4.69, 9.17) is 16.1 Å². The highest BCUT2D eigenvalue weighted by Gasteiger charge is 2.19. The van der Waals surface area contributed by atoms with Crippen LogP contribution in [0.15, 0.2) is 59.4 Å². The first-order chi connectivity index (χ1) is 13.8. The van der Waals surface area contributed by atoms with Gasteiger partial charge in [0.2, 0.25) is 5.82 Å². The smallest absolute Gasteiger partial charge is 0.259 e. The van der Waals surface area contributed by atoms with Crippen molar-refractivity contribution in [3.63, 3.8) is 0 Å². The molecule has 7 heteroatoms. The first kappa shape index (κ1) is 19.3. The molecule has 0 unspecified atom stereocenters. The Hall–Kier alpha value is -2.99. The molecule has 1 aromatic carbocycles. The number of halogens is 2. The number of benzene rings is 1. The van der Waals surface area contributed by atoms with Crippen molar-refractivity contribution in [3.8, 4) is 22.8 Å². The SMILES string of the molecule is Cc1cc(-c2nc(-c3ccc(C(C)(C)F)cc3)no2)cn1Cc1ccc(Cl)nc1. The van der Waals surface area contributed by atoms with Crippen molar-refractivity contribution in [2.75, 3.05) is 0 Å². The minimum absolute atomic E-state index is 0.436. The fraction of sp³-hybridized carbons (Fsp3) is 0.227. The van der Waals surface area contributed by atoms with Crippen LogP contribution >= 0.6 is 11.6 Å². The van der Waals surface area contributed by atoms with E-state index < -0.39 is 5.67 Å². The van der Waals surface area contributed by atoms with Crippen LogP contribution in [0, 0.1) is 6.92 Å². The second-order valence-corrected chi connectivity index (χ2v) is 7.85. The van der Waals surface area contributed by atoms with E-state index in [1.807, 2.05) is 25.3 Å². The van der Waals surface area contributed by atoms with Crippen molar-refractivity contribution in [1.29, 1.82) is 0 Å². The predicted octanol–water partition coefficient (Wildman–Crippen LogP) is 5.81. The van der Waals surface area contributed by atoms with Gasteiger partial charge in [0.15, 0.2) is 0 Å². The highest BCUT2D eigenvalue weighted by atomic mass is 35.5. The Morgan fingerprint density at radius 2 is 1.86 bits per heavy atom.